The van der Waals surface area contributed by atoms with Gasteiger partial charge < -0.3 is 5.32 Å². The molecule has 0 aromatic carbocycles. The lowest BCUT2D eigenvalue weighted by atomic mass is 10.3. The van der Waals surface area contributed by atoms with Crippen LogP contribution in [0.4, 0.5) is 0 Å². The van der Waals surface area contributed by atoms with E-state index in [9.17, 15) is 4.79 Å². The highest BCUT2D eigenvalue weighted by Gasteiger charge is 2.13. The van der Waals surface area contributed by atoms with E-state index in [4.69, 9.17) is 34.8 Å². The number of carbonyl (C=O) groups is 1. The Morgan fingerprint density at radius 2 is 2.21 bits per heavy atom. The summed E-state index contributed by atoms with van der Waals surface area (Å²) in [5.74, 6) is -0.306. The Kier molecular flexibility index (Phi) is 4.26. The first-order valence-corrected chi connectivity index (χ1v) is 5.52. The number of nitrogens with one attached hydrogen (secondary N) is 1. The van der Waals surface area contributed by atoms with Crippen LogP contribution in [0.5, 0.6) is 0 Å². The topological polar surface area (TPSA) is 29.1 Å². The van der Waals surface area contributed by atoms with E-state index in [0.29, 0.717) is 19.3 Å². The molecule has 0 fully saturated rings. The smallest absolute Gasteiger partial charge is 0.254 e. The molecule has 1 aromatic heterocycles. The van der Waals surface area contributed by atoms with E-state index in [-0.39, 0.29) is 12.5 Å². The first-order valence-electron chi connectivity index (χ1n) is 3.57. The third-order valence-electron chi connectivity index (χ3n) is 1.34. The second-order valence-corrected chi connectivity index (χ2v) is 5.26. The summed E-state index contributed by atoms with van der Waals surface area (Å²) in [6, 6.07) is 1.51. The lowest BCUT2D eigenvalue weighted by Gasteiger charge is -2.01. The van der Waals surface area contributed by atoms with Gasteiger partial charge >= 0.3 is 0 Å². The molecule has 0 saturated heterocycles. The highest BCUT2D eigenvalue weighted by molar-refractivity contribution is 7.20. The molecule has 1 aromatic rings. The van der Waals surface area contributed by atoms with Crippen LogP contribution in [-0.4, -0.2) is 12.5 Å². The van der Waals surface area contributed by atoms with Crippen LogP contribution in [0.15, 0.2) is 17.7 Å². The Morgan fingerprint density at radius 1 is 1.57 bits per heavy atom. The van der Waals surface area contributed by atoms with Crippen LogP contribution in [0, 0.1) is 0 Å². The van der Waals surface area contributed by atoms with Crippen molar-refractivity contribution in [2.45, 2.75) is 0 Å². The maximum absolute atomic E-state index is 11.4. The Morgan fingerprint density at radius 3 is 2.64 bits per heavy atom. The third kappa shape index (κ3) is 3.17. The predicted octanol–water partition coefficient (Wildman–Crippen LogP) is 3.54. The molecule has 0 bridgehead atoms. The average molecular weight is 271 g/mol. The molecule has 2 nitrogen and oxygen atoms in total. The minimum atomic E-state index is -0.306. The summed E-state index contributed by atoms with van der Waals surface area (Å²) in [7, 11) is 0. The lowest BCUT2D eigenvalue weighted by Crippen LogP contribution is -2.24. The van der Waals surface area contributed by atoms with Crippen molar-refractivity contribution in [3.05, 3.63) is 31.9 Å². The summed E-state index contributed by atoms with van der Waals surface area (Å²) in [5.41, 5.74) is 0.361. The molecule has 0 radical (unpaired) electrons. The van der Waals surface area contributed by atoms with Gasteiger partial charge in [-0.15, -0.1) is 11.3 Å². The van der Waals surface area contributed by atoms with Crippen molar-refractivity contribution in [3.8, 4) is 0 Å². The molecule has 76 valence electrons. The standard InChI is InChI=1S/C8H6Cl3NOS/c1-4(9)3-12-8(13)5-2-6(10)14-7(5)11/h2H,1,3H2,(H,12,13). The largest absolute Gasteiger partial charge is 0.347 e. The van der Waals surface area contributed by atoms with Crippen molar-refractivity contribution < 1.29 is 4.79 Å². The zero-order valence-corrected chi connectivity index (χ0v) is 10.0. The molecular weight excluding hydrogens is 265 g/mol. The van der Waals surface area contributed by atoms with Gasteiger partial charge in [-0.3, -0.25) is 4.79 Å². The number of hydrogen-bond donors (Lipinski definition) is 1. The number of carbonyl (C=O) groups excluding carboxylic acids is 1. The fourth-order valence-corrected chi connectivity index (χ4v) is 2.29. The normalized spacial score (nSPS) is 9.93. The Labute approximate surface area is 100 Å². The molecule has 0 aliphatic heterocycles. The van der Waals surface area contributed by atoms with Gasteiger partial charge in [0.25, 0.3) is 5.91 Å². The van der Waals surface area contributed by atoms with Crippen molar-refractivity contribution in [2.24, 2.45) is 0 Å². The van der Waals surface area contributed by atoms with Crippen LogP contribution in [0.3, 0.4) is 0 Å². The molecule has 0 aliphatic carbocycles. The van der Waals surface area contributed by atoms with Gasteiger partial charge in [-0.2, -0.15) is 0 Å². The molecule has 0 aliphatic rings. The molecule has 0 saturated carbocycles. The summed E-state index contributed by atoms with van der Waals surface area (Å²) >= 11 is 18.1. The maximum Gasteiger partial charge on any atom is 0.254 e. The molecule has 1 rings (SSSR count). The van der Waals surface area contributed by atoms with Crippen LogP contribution in [0.1, 0.15) is 10.4 Å². The van der Waals surface area contributed by atoms with E-state index < -0.39 is 0 Å². The molecule has 14 heavy (non-hydrogen) atoms. The van der Waals surface area contributed by atoms with Gasteiger partial charge in [0.2, 0.25) is 0 Å². The second kappa shape index (κ2) is 5.03. The van der Waals surface area contributed by atoms with Crippen LogP contribution in [0.2, 0.25) is 8.67 Å². The third-order valence-corrected chi connectivity index (χ3v) is 2.96. The van der Waals surface area contributed by atoms with E-state index in [1.54, 1.807) is 0 Å². The molecule has 1 amide bonds. The monoisotopic (exact) mass is 269 g/mol. The number of halogens is 3. The highest BCUT2D eigenvalue weighted by Crippen LogP contribution is 2.30. The van der Waals surface area contributed by atoms with Crippen LogP contribution in [-0.2, 0) is 0 Å². The van der Waals surface area contributed by atoms with E-state index in [1.807, 2.05) is 0 Å². The maximum atomic E-state index is 11.4. The number of thiophene rings is 1. The van der Waals surface area contributed by atoms with Crippen molar-refractivity contribution in [3.63, 3.8) is 0 Å². The molecule has 6 heteroatoms. The number of hydrogen-bond acceptors (Lipinski definition) is 2. The van der Waals surface area contributed by atoms with Gasteiger partial charge in [-0.25, -0.2) is 0 Å². The summed E-state index contributed by atoms with van der Waals surface area (Å²) in [5, 5.41) is 2.90. The molecule has 0 unspecified atom stereocenters. The van der Waals surface area contributed by atoms with E-state index >= 15 is 0 Å². The Bertz CT molecular complexity index is 375. The van der Waals surface area contributed by atoms with Gasteiger partial charge in [0.1, 0.15) is 4.34 Å². The minimum Gasteiger partial charge on any atom is -0.347 e. The van der Waals surface area contributed by atoms with Crippen molar-refractivity contribution in [1.29, 1.82) is 0 Å². The zero-order chi connectivity index (χ0) is 10.7. The summed E-state index contributed by atoms with van der Waals surface area (Å²) in [4.78, 5) is 11.4. The Hall–Kier alpha value is -0.220. The van der Waals surface area contributed by atoms with Crippen molar-refractivity contribution >= 4 is 52.0 Å². The number of amides is 1. The SMILES string of the molecule is C=C(Cl)CNC(=O)c1cc(Cl)sc1Cl. The van der Waals surface area contributed by atoms with Crippen molar-refractivity contribution in [2.75, 3.05) is 6.54 Å². The highest BCUT2D eigenvalue weighted by atomic mass is 35.5. The average Bonchev–Trinajstić information content (AvgIpc) is 2.41. The van der Waals surface area contributed by atoms with Gasteiger partial charge in [0, 0.05) is 5.03 Å². The predicted molar refractivity (Wildman–Crippen MR) is 61.7 cm³/mol. The van der Waals surface area contributed by atoms with Gasteiger partial charge in [0.05, 0.1) is 16.4 Å². The summed E-state index contributed by atoms with van der Waals surface area (Å²) in [6.07, 6.45) is 0. The van der Waals surface area contributed by atoms with Crippen LogP contribution < -0.4 is 5.32 Å². The lowest BCUT2D eigenvalue weighted by molar-refractivity contribution is 0.0958. The van der Waals surface area contributed by atoms with Crippen molar-refractivity contribution in [1.82, 2.24) is 5.32 Å². The molecular formula is C8H6Cl3NOS. The zero-order valence-electron chi connectivity index (χ0n) is 6.94. The fourth-order valence-electron chi connectivity index (χ4n) is 0.766. The van der Waals surface area contributed by atoms with Gasteiger partial charge in [-0.05, 0) is 6.07 Å². The first-order chi connectivity index (χ1) is 6.50. The van der Waals surface area contributed by atoms with E-state index in [1.165, 1.54) is 6.07 Å². The quantitative estimate of drug-likeness (QED) is 0.894. The molecule has 1 N–H and O–H groups in total. The number of rotatable bonds is 3. The fraction of sp³-hybridized carbons (Fsp3) is 0.125. The minimum absolute atomic E-state index is 0.212. The van der Waals surface area contributed by atoms with Crippen LogP contribution >= 0.6 is 46.1 Å². The summed E-state index contributed by atoms with van der Waals surface area (Å²) < 4.78 is 0.845. The van der Waals surface area contributed by atoms with Gasteiger partial charge in [-0.1, -0.05) is 41.4 Å². The molecule has 1 heterocycles. The second-order valence-electron chi connectivity index (χ2n) is 2.44. The van der Waals surface area contributed by atoms with E-state index in [0.717, 1.165) is 11.3 Å². The Balaban J connectivity index is 2.69. The first kappa shape index (κ1) is 11.9. The molecule has 0 atom stereocenters. The molecule has 0 spiro atoms. The van der Waals surface area contributed by atoms with Crippen LogP contribution in [0.25, 0.3) is 0 Å². The van der Waals surface area contributed by atoms with E-state index in [2.05, 4.69) is 11.9 Å². The summed E-state index contributed by atoms with van der Waals surface area (Å²) in [6.45, 7) is 3.66. The van der Waals surface area contributed by atoms with Gasteiger partial charge in [0.15, 0.2) is 0 Å².